The fraction of sp³-hybridized carbons (Fsp3) is 0.238. The first-order valence-electron chi connectivity index (χ1n) is 9.18. The maximum atomic E-state index is 13.0. The van der Waals surface area contributed by atoms with Crippen molar-refractivity contribution in [1.29, 1.82) is 0 Å². The average molecular weight is 410 g/mol. The monoisotopic (exact) mass is 410 g/mol. The summed E-state index contributed by atoms with van der Waals surface area (Å²) in [4.78, 5) is 32.3. The van der Waals surface area contributed by atoms with Crippen LogP contribution in [0.4, 0.5) is 11.5 Å². The van der Waals surface area contributed by atoms with Crippen molar-refractivity contribution in [3.63, 3.8) is 0 Å². The van der Waals surface area contributed by atoms with Crippen LogP contribution in [-0.4, -0.2) is 37.3 Å². The average Bonchev–Trinajstić information content (AvgIpc) is 2.69. The molecule has 9 nitrogen and oxygen atoms in total. The summed E-state index contributed by atoms with van der Waals surface area (Å²) in [6.07, 6.45) is 2.96. The lowest BCUT2D eigenvalue weighted by Gasteiger charge is -2.14. The van der Waals surface area contributed by atoms with Crippen LogP contribution in [0.3, 0.4) is 0 Å². The third-order valence-electron chi connectivity index (χ3n) is 4.43. The Balaban J connectivity index is 1.98. The first-order valence-corrected chi connectivity index (χ1v) is 9.18. The summed E-state index contributed by atoms with van der Waals surface area (Å²) in [5.41, 5.74) is 2.92. The van der Waals surface area contributed by atoms with E-state index in [4.69, 9.17) is 9.84 Å². The van der Waals surface area contributed by atoms with E-state index < -0.39 is 18.1 Å². The molecule has 9 heteroatoms. The third-order valence-corrected chi connectivity index (χ3v) is 4.43. The highest BCUT2D eigenvalue weighted by molar-refractivity contribution is 5.68. The lowest BCUT2D eigenvalue weighted by Crippen LogP contribution is -2.23. The summed E-state index contributed by atoms with van der Waals surface area (Å²) in [7, 11) is 0. The molecule has 0 amide bonds. The van der Waals surface area contributed by atoms with E-state index in [9.17, 15) is 14.7 Å². The normalized spacial score (nSPS) is 10.7. The Bertz CT molecular complexity index is 1130. The van der Waals surface area contributed by atoms with Crippen LogP contribution in [0.15, 0.2) is 41.5 Å². The number of carbonyl (C=O) groups is 1. The van der Waals surface area contributed by atoms with Gasteiger partial charge in [0.15, 0.2) is 12.4 Å². The van der Waals surface area contributed by atoms with Crippen LogP contribution in [-0.2, 0) is 11.4 Å². The fourth-order valence-corrected chi connectivity index (χ4v) is 3.06. The zero-order valence-electron chi connectivity index (χ0n) is 16.8. The lowest BCUT2D eigenvalue weighted by atomic mass is 10.1. The molecule has 0 bridgehead atoms. The standard InChI is InChI=1S/C21H22N4O5/c1-12-4-5-16(15(8-12)10-26)24-20-21(29)25(7-6-22-20)17-9-13(2)19(14(3)23-17)30-11-18(27)28/h4-9,26H,10-11H2,1-3H3,(H,22,24)(H,27,28). The minimum atomic E-state index is -1.09. The molecular weight excluding hydrogens is 388 g/mol. The van der Waals surface area contributed by atoms with Crippen LogP contribution in [0, 0.1) is 20.8 Å². The van der Waals surface area contributed by atoms with Crippen molar-refractivity contribution in [1.82, 2.24) is 14.5 Å². The molecule has 0 aliphatic carbocycles. The van der Waals surface area contributed by atoms with Crippen molar-refractivity contribution >= 4 is 17.5 Å². The number of nitrogens with zero attached hydrogens (tertiary/aromatic N) is 3. The van der Waals surface area contributed by atoms with Gasteiger partial charge in [-0.1, -0.05) is 17.7 Å². The van der Waals surface area contributed by atoms with E-state index in [-0.39, 0.29) is 12.4 Å². The molecule has 0 saturated carbocycles. The van der Waals surface area contributed by atoms with Crippen LogP contribution in [0.2, 0.25) is 0 Å². The number of aliphatic hydroxyl groups is 1. The molecule has 0 unspecified atom stereocenters. The summed E-state index contributed by atoms with van der Waals surface area (Å²) in [6, 6.07) is 7.11. The predicted octanol–water partition coefficient (Wildman–Crippen LogP) is 2.25. The highest BCUT2D eigenvalue weighted by Crippen LogP contribution is 2.24. The van der Waals surface area contributed by atoms with Gasteiger partial charge in [-0.3, -0.25) is 9.36 Å². The van der Waals surface area contributed by atoms with Gasteiger partial charge in [0.1, 0.15) is 11.6 Å². The Morgan fingerprint density at radius 1 is 1.23 bits per heavy atom. The summed E-state index contributed by atoms with van der Waals surface area (Å²) < 4.78 is 6.63. The van der Waals surface area contributed by atoms with E-state index in [2.05, 4.69) is 15.3 Å². The maximum Gasteiger partial charge on any atom is 0.341 e. The number of anilines is 2. The second-order valence-electron chi connectivity index (χ2n) is 6.79. The van der Waals surface area contributed by atoms with Crippen molar-refractivity contribution in [2.24, 2.45) is 0 Å². The quantitative estimate of drug-likeness (QED) is 0.541. The number of carboxylic acids is 1. The van der Waals surface area contributed by atoms with Crippen molar-refractivity contribution in [3.05, 3.63) is 69.4 Å². The van der Waals surface area contributed by atoms with Gasteiger partial charge in [0, 0.05) is 23.6 Å². The van der Waals surface area contributed by atoms with Crippen LogP contribution >= 0.6 is 0 Å². The molecule has 0 atom stereocenters. The van der Waals surface area contributed by atoms with Crippen molar-refractivity contribution in [2.75, 3.05) is 11.9 Å². The first kappa shape index (κ1) is 21.0. The van der Waals surface area contributed by atoms with E-state index in [0.29, 0.717) is 34.1 Å². The molecule has 0 fully saturated rings. The zero-order chi connectivity index (χ0) is 21.8. The van der Waals surface area contributed by atoms with Crippen LogP contribution in [0.5, 0.6) is 5.75 Å². The number of aromatic nitrogens is 3. The number of aliphatic carboxylic acids is 1. The molecule has 0 aliphatic rings. The summed E-state index contributed by atoms with van der Waals surface area (Å²) in [6.45, 7) is 4.69. The molecule has 0 radical (unpaired) electrons. The maximum absolute atomic E-state index is 13.0. The Morgan fingerprint density at radius 2 is 2.00 bits per heavy atom. The van der Waals surface area contributed by atoms with Crippen molar-refractivity contribution < 1.29 is 19.7 Å². The van der Waals surface area contributed by atoms with Crippen molar-refractivity contribution in [3.8, 4) is 11.6 Å². The van der Waals surface area contributed by atoms with Gasteiger partial charge in [-0.2, -0.15) is 0 Å². The fourth-order valence-electron chi connectivity index (χ4n) is 3.06. The highest BCUT2D eigenvalue weighted by Gasteiger charge is 2.14. The van der Waals surface area contributed by atoms with Gasteiger partial charge < -0.3 is 20.3 Å². The van der Waals surface area contributed by atoms with Gasteiger partial charge in [0.05, 0.1) is 12.3 Å². The SMILES string of the molecule is Cc1ccc(Nc2nccn(-c3cc(C)c(OCC(=O)O)c(C)n3)c2=O)c(CO)c1. The molecule has 3 N–H and O–H groups in total. The zero-order valence-corrected chi connectivity index (χ0v) is 16.8. The third kappa shape index (κ3) is 4.47. The number of hydrogen-bond acceptors (Lipinski definition) is 7. The highest BCUT2D eigenvalue weighted by atomic mass is 16.5. The van der Waals surface area contributed by atoms with Gasteiger partial charge in [0.25, 0.3) is 5.56 Å². The molecule has 3 rings (SSSR count). The van der Waals surface area contributed by atoms with E-state index in [1.165, 1.54) is 17.0 Å². The number of benzene rings is 1. The number of pyridine rings is 1. The Morgan fingerprint density at radius 3 is 2.67 bits per heavy atom. The number of aryl methyl sites for hydroxylation is 3. The largest absolute Gasteiger partial charge is 0.480 e. The molecular formula is C21H22N4O5. The predicted molar refractivity (Wildman–Crippen MR) is 111 cm³/mol. The van der Waals surface area contributed by atoms with Crippen LogP contribution in [0.25, 0.3) is 5.82 Å². The van der Waals surface area contributed by atoms with Gasteiger partial charge in [0.2, 0.25) is 0 Å². The van der Waals surface area contributed by atoms with E-state index in [1.54, 1.807) is 26.0 Å². The van der Waals surface area contributed by atoms with Crippen LogP contribution < -0.4 is 15.6 Å². The lowest BCUT2D eigenvalue weighted by molar-refractivity contribution is -0.139. The minimum Gasteiger partial charge on any atom is -0.480 e. The number of rotatable bonds is 7. The molecule has 2 heterocycles. The van der Waals surface area contributed by atoms with E-state index in [1.807, 2.05) is 19.1 Å². The number of nitrogens with one attached hydrogen (secondary N) is 1. The van der Waals surface area contributed by atoms with E-state index >= 15 is 0 Å². The number of carboxylic acid groups (broad SMARTS) is 1. The molecule has 30 heavy (non-hydrogen) atoms. The Kier molecular flexibility index (Phi) is 6.12. The van der Waals surface area contributed by atoms with Crippen LogP contribution in [0.1, 0.15) is 22.4 Å². The van der Waals surface area contributed by atoms with E-state index in [0.717, 1.165) is 5.56 Å². The van der Waals surface area contributed by atoms with Crippen molar-refractivity contribution in [2.45, 2.75) is 27.4 Å². The Labute approximate surface area is 172 Å². The summed E-state index contributed by atoms with van der Waals surface area (Å²) in [5.74, 6) is -0.278. The molecule has 3 aromatic rings. The summed E-state index contributed by atoms with van der Waals surface area (Å²) >= 11 is 0. The number of ether oxygens (including phenoxy) is 1. The molecule has 0 saturated heterocycles. The van der Waals surface area contributed by atoms with Gasteiger partial charge >= 0.3 is 5.97 Å². The van der Waals surface area contributed by atoms with Gasteiger partial charge in [-0.25, -0.2) is 14.8 Å². The second-order valence-corrected chi connectivity index (χ2v) is 6.79. The Hall–Kier alpha value is -3.72. The molecule has 156 valence electrons. The summed E-state index contributed by atoms with van der Waals surface area (Å²) in [5, 5.41) is 21.4. The first-order chi connectivity index (χ1) is 14.3. The number of aliphatic hydroxyl groups excluding tert-OH is 1. The molecule has 0 spiro atoms. The molecule has 0 aliphatic heterocycles. The second kappa shape index (κ2) is 8.75. The van der Waals surface area contributed by atoms with Gasteiger partial charge in [-0.05, 0) is 38.5 Å². The van der Waals surface area contributed by atoms with Gasteiger partial charge in [-0.15, -0.1) is 0 Å². The molecule has 2 aromatic heterocycles. The smallest absolute Gasteiger partial charge is 0.341 e. The molecule has 1 aromatic carbocycles. The number of hydrogen-bond donors (Lipinski definition) is 3. The topological polar surface area (TPSA) is 127 Å². The minimum absolute atomic E-state index is 0.0827.